The van der Waals surface area contributed by atoms with Gasteiger partial charge < -0.3 is 24.3 Å². The summed E-state index contributed by atoms with van der Waals surface area (Å²) in [5.41, 5.74) is 2.66. The van der Waals surface area contributed by atoms with Gasteiger partial charge in [0.1, 0.15) is 22.1 Å². The van der Waals surface area contributed by atoms with Crippen molar-refractivity contribution in [3.05, 3.63) is 71.1 Å². The average molecular weight is 468 g/mol. The highest BCUT2D eigenvalue weighted by molar-refractivity contribution is 7.15. The number of esters is 1. The quantitative estimate of drug-likeness (QED) is 0.250. The monoisotopic (exact) mass is 467 g/mol. The van der Waals surface area contributed by atoms with E-state index in [4.69, 9.17) is 18.9 Å². The summed E-state index contributed by atoms with van der Waals surface area (Å²) in [6.45, 7) is 2.14. The Kier molecular flexibility index (Phi) is 8.63. The Hall–Kier alpha value is -3.62. The predicted octanol–water partition coefficient (Wildman–Crippen LogP) is 5.24. The molecule has 0 unspecified atom stereocenters. The number of benzene rings is 2. The molecule has 0 bridgehead atoms. The molecule has 1 aromatic heterocycles. The maximum absolute atomic E-state index is 12.7. The summed E-state index contributed by atoms with van der Waals surface area (Å²) in [7, 11) is 3.14. The Morgan fingerprint density at radius 3 is 2.33 bits per heavy atom. The number of nitrogens with one attached hydrogen (secondary N) is 1. The molecular weight excluding hydrogens is 442 g/mol. The summed E-state index contributed by atoms with van der Waals surface area (Å²) in [4.78, 5) is 25.2. The molecule has 1 N–H and O–H groups in total. The largest absolute Gasteiger partial charge is 0.497 e. The third-order valence-corrected chi connectivity index (χ3v) is 5.45. The average Bonchev–Trinajstić information content (AvgIpc) is 3.25. The Morgan fingerprint density at radius 2 is 1.70 bits per heavy atom. The lowest BCUT2D eigenvalue weighted by Gasteiger charge is -2.08. The molecule has 172 valence electrons. The van der Waals surface area contributed by atoms with Gasteiger partial charge in [-0.1, -0.05) is 24.3 Å². The molecule has 0 fully saturated rings. The van der Waals surface area contributed by atoms with E-state index in [1.165, 1.54) is 17.4 Å². The van der Waals surface area contributed by atoms with Gasteiger partial charge >= 0.3 is 5.97 Å². The van der Waals surface area contributed by atoms with Gasteiger partial charge in [-0.25, -0.2) is 4.79 Å². The zero-order valence-corrected chi connectivity index (χ0v) is 19.4. The molecule has 1 heterocycles. The van der Waals surface area contributed by atoms with E-state index in [1.54, 1.807) is 39.4 Å². The molecule has 0 aliphatic heterocycles. The van der Waals surface area contributed by atoms with Crippen molar-refractivity contribution >= 4 is 34.3 Å². The van der Waals surface area contributed by atoms with E-state index in [0.717, 1.165) is 11.1 Å². The maximum Gasteiger partial charge on any atom is 0.341 e. The van der Waals surface area contributed by atoms with Crippen LogP contribution in [0.3, 0.4) is 0 Å². The zero-order chi connectivity index (χ0) is 23.6. The molecule has 0 aliphatic carbocycles. The van der Waals surface area contributed by atoms with Crippen molar-refractivity contribution in [2.24, 2.45) is 0 Å². The molecular formula is C25H25NO6S. The van der Waals surface area contributed by atoms with Gasteiger partial charge in [-0.2, -0.15) is 0 Å². The van der Waals surface area contributed by atoms with Gasteiger partial charge in [0.2, 0.25) is 5.91 Å². The van der Waals surface area contributed by atoms with Crippen LogP contribution in [0.25, 0.3) is 17.2 Å². The van der Waals surface area contributed by atoms with Crippen LogP contribution >= 0.6 is 11.3 Å². The molecule has 0 spiro atoms. The smallest absolute Gasteiger partial charge is 0.341 e. The highest BCUT2D eigenvalue weighted by Crippen LogP contribution is 2.37. The van der Waals surface area contributed by atoms with Crippen LogP contribution < -0.4 is 14.8 Å². The fourth-order valence-corrected chi connectivity index (χ4v) is 3.93. The lowest BCUT2D eigenvalue weighted by atomic mass is 10.0. The van der Waals surface area contributed by atoms with Crippen LogP contribution in [0.15, 0.2) is 60.0 Å². The molecule has 7 nitrogen and oxygen atoms in total. The fourth-order valence-electron chi connectivity index (χ4n) is 2.97. The van der Waals surface area contributed by atoms with Crippen LogP contribution in [-0.4, -0.2) is 39.5 Å². The van der Waals surface area contributed by atoms with E-state index >= 15 is 0 Å². The molecule has 3 rings (SSSR count). The van der Waals surface area contributed by atoms with Gasteiger partial charge in [0.05, 0.1) is 13.7 Å². The van der Waals surface area contributed by atoms with E-state index < -0.39 is 5.97 Å². The zero-order valence-electron chi connectivity index (χ0n) is 18.6. The third kappa shape index (κ3) is 6.44. The number of hydrogen-bond acceptors (Lipinski definition) is 7. The molecule has 3 aromatic rings. The van der Waals surface area contributed by atoms with Crippen molar-refractivity contribution < 1.29 is 28.5 Å². The number of carbonyl (C=O) groups excluding carboxylic acids is 2. The van der Waals surface area contributed by atoms with Crippen LogP contribution in [-0.2, 0) is 14.3 Å². The SMILES string of the molecule is CCOC(=O)c1c(-c2ccc(OC)cc2)csc1NC(=O)/C=C/c1ccc(OCOC)cc1. The predicted molar refractivity (Wildman–Crippen MR) is 129 cm³/mol. The Bertz CT molecular complexity index is 1100. The number of anilines is 1. The third-order valence-electron chi connectivity index (χ3n) is 4.56. The molecule has 0 atom stereocenters. The number of rotatable bonds is 10. The van der Waals surface area contributed by atoms with Crippen LogP contribution in [0.2, 0.25) is 0 Å². The first-order chi connectivity index (χ1) is 16.0. The van der Waals surface area contributed by atoms with Gasteiger partial charge in [0.25, 0.3) is 0 Å². The molecule has 2 aromatic carbocycles. The van der Waals surface area contributed by atoms with Crippen molar-refractivity contribution in [3.8, 4) is 22.6 Å². The summed E-state index contributed by atoms with van der Waals surface area (Å²) >= 11 is 1.27. The number of carbonyl (C=O) groups is 2. The minimum Gasteiger partial charge on any atom is -0.497 e. The topological polar surface area (TPSA) is 83.1 Å². The fraction of sp³-hybridized carbons (Fsp3) is 0.200. The van der Waals surface area contributed by atoms with Crippen molar-refractivity contribution in [2.45, 2.75) is 6.92 Å². The number of amides is 1. The van der Waals surface area contributed by atoms with E-state index in [-0.39, 0.29) is 19.3 Å². The number of ether oxygens (including phenoxy) is 4. The molecule has 0 saturated heterocycles. The van der Waals surface area contributed by atoms with E-state index in [2.05, 4.69) is 5.32 Å². The minimum atomic E-state index is -0.490. The van der Waals surface area contributed by atoms with Crippen molar-refractivity contribution in [1.29, 1.82) is 0 Å². The number of hydrogen-bond donors (Lipinski definition) is 1. The first-order valence-electron chi connectivity index (χ1n) is 10.2. The van der Waals surface area contributed by atoms with Gasteiger partial charge in [0, 0.05) is 24.1 Å². The molecule has 33 heavy (non-hydrogen) atoms. The molecule has 8 heteroatoms. The van der Waals surface area contributed by atoms with Crippen molar-refractivity contribution in [3.63, 3.8) is 0 Å². The van der Waals surface area contributed by atoms with Crippen LogP contribution in [0, 0.1) is 0 Å². The molecule has 0 aliphatic rings. The number of thiophene rings is 1. The summed E-state index contributed by atoms with van der Waals surface area (Å²) in [5.74, 6) is 0.532. The van der Waals surface area contributed by atoms with E-state index in [0.29, 0.717) is 27.6 Å². The first kappa shape index (κ1) is 24.0. The maximum atomic E-state index is 12.7. The lowest BCUT2D eigenvalue weighted by molar-refractivity contribution is -0.111. The standard InChI is InChI=1S/C25H25NO6S/c1-4-31-25(28)23-21(18-8-12-19(30-3)13-9-18)15-33-24(23)26-22(27)14-7-17-5-10-20(11-6-17)32-16-29-2/h5-15H,4,16H2,1-3H3,(H,26,27)/b14-7+. The highest BCUT2D eigenvalue weighted by Gasteiger charge is 2.22. The van der Waals surface area contributed by atoms with Crippen LogP contribution in [0.1, 0.15) is 22.8 Å². The van der Waals surface area contributed by atoms with E-state index in [1.807, 2.05) is 41.8 Å². The van der Waals surface area contributed by atoms with Crippen LogP contribution in [0.4, 0.5) is 5.00 Å². The van der Waals surface area contributed by atoms with Crippen LogP contribution in [0.5, 0.6) is 11.5 Å². The van der Waals surface area contributed by atoms with Gasteiger partial charge in [0.15, 0.2) is 6.79 Å². The Labute approximate surface area is 196 Å². The minimum absolute atomic E-state index is 0.166. The second kappa shape index (κ2) is 11.8. The van der Waals surface area contributed by atoms with Gasteiger partial charge in [-0.05, 0) is 48.4 Å². The summed E-state index contributed by atoms with van der Waals surface area (Å²) in [6.07, 6.45) is 3.09. The second-order valence-corrected chi connectivity index (χ2v) is 7.62. The lowest BCUT2D eigenvalue weighted by Crippen LogP contribution is -2.12. The summed E-state index contributed by atoms with van der Waals surface area (Å²) < 4.78 is 20.7. The Balaban J connectivity index is 1.77. The Morgan fingerprint density at radius 1 is 1.00 bits per heavy atom. The van der Waals surface area contributed by atoms with Crippen molar-refractivity contribution in [1.82, 2.24) is 0 Å². The first-order valence-corrected chi connectivity index (χ1v) is 11.1. The molecule has 1 amide bonds. The van der Waals surface area contributed by atoms with Crippen molar-refractivity contribution in [2.75, 3.05) is 32.9 Å². The summed E-state index contributed by atoms with van der Waals surface area (Å²) in [6, 6.07) is 14.6. The van der Waals surface area contributed by atoms with Gasteiger partial charge in [-0.15, -0.1) is 11.3 Å². The van der Waals surface area contributed by atoms with Gasteiger partial charge in [-0.3, -0.25) is 4.79 Å². The van der Waals surface area contributed by atoms with E-state index in [9.17, 15) is 9.59 Å². The second-order valence-electron chi connectivity index (χ2n) is 6.74. The highest BCUT2D eigenvalue weighted by atomic mass is 32.1. The molecule has 0 radical (unpaired) electrons. The molecule has 0 saturated carbocycles. The number of methoxy groups -OCH3 is 2. The normalized spacial score (nSPS) is 10.8. The summed E-state index contributed by atoms with van der Waals surface area (Å²) in [5, 5.41) is 5.05.